The van der Waals surface area contributed by atoms with E-state index in [1.165, 1.54) is 11.3 Å². The molecule has 156 valence electrons. The van der Waals surface area contributed by atoms with Gasteiger partial charge in [-0.3, -0.25) is 4.90 Å². The lowest BCUT2D eigenvalue weighted by Gasteiger charge is -2.38. The number of urea groups is 1. The summed E-state index contributed by atoms with van der Waals surface area (Å²) in [5, 5.41) is 6.04. The first kappa shape index (κ1) is 21.1. The average molecular weight is 396 g/mol. The van der Waals surface area contributed by atoms with Crippen LogP contribution >= 0.6 is 0 Å². The summed E-state index contributed by atoms with van der Waals surface area (Å²) in [5.74, 6) is 0. The minimum atomic E-state index is -0.127. The second kappa shape index (κ2) is 10.3. The zero-order valence-electron chi connectivity index (χ0n) is 17.8. The molecule has 1 fully saturated rings. The smallest absolute Gasteiger partial charge is 0.315 e. The Morgan fingerprint density at radius 1 is 0.966 bits per heavy atom. The van der Waals surface area contributed by atoms with Crippen LogP contribution in [0, 0.1) is 0 Å². The van der Waals surface area contributed by atoms with E-state index in [-0.39, 0.29) is 12.1 Å². The number of benzene rings is 2. The van der Waals surface area contributed by atoms with Gasteiger partial charge in [0.05, 0.1) is 6.04 Å². The monoisotopic (exact) mass is 395 g/mol. The lowest BCUT2D eigenvalue weighted by Crippen LogP contribution is -2.49. The fourth-order valence-electron chi connectivity index (χ4n) is 3.62. The van der Waals surface area contributed by atoms with Crippen molar-refractivity contribution in [3.05, 3.63) is 65.7 Å². The molecule has 1 heterocycles. The van der Waals surface area contributed by atoms with Crippen LogP contribution in [0.25, 0.3) is 0 Å². The fraction of sp³-hybridized carbons (Fsp3) is 0.435. The minimum Gasteiger partial charge on any atom is -0.378 e. The maximum absolute atomic E-state index is 12.4. The zero-order chi connectivity index (χ0) is 20.6. The Kier molecular flexibility index (Phi) is 7.49. The third-order valence-corrected chi connectivity index (χ3v) is 5.52. The molecule has 2 amide bonds. The Labute approximate surface area is 174 Å². The highest BCUT2D eigenvalue weighted by atomic mass is 16.2. The first-order chi connectivity index (χ1) is 14.0. The van der Waals surface area contributed by atoms with Crippen molar-refractivity contribution in [2.45, 2.75) is 12.6 Å². The van der Waals surface area contributed by atoms with E-state index in [1.54, 1.807) is 0 Å². The first-order valence-electron chi connectivity index (χ1n) is 10.3. The molecule has 2 aromatic rings. The Morgan fingerprint density at radius 3 is 2.24 bits per heavy atom. The number of anilines is 1. The summed E-state index contributed by atoms with van der Waals surface area (Å²) >= 11 is 0. The summed E-state index contributed by atoms with van der Waals surface area (Å²) in [5.41, 5.74) is 3.51. The Bertz CT molecular complexity index is 755. The molecular formula is C23H33N5O. The average Bonchev–Trinajstić information content (AvgIpc) is 2.74. The summed E-state index contributed by atoms with van der Waals surface area (Å²) in [4.78, 5) is 19.3. The molecule has 3 rings (SSSR count). The highest BCUT2D eigenvalue weighted by Gasteiger charge is 2.24. The molecule has 0 bridgehead atoms. The van der Waals surface area contributed by atoms with Crippen molar-refractivity contribution in [3.63, 3.8) is 0 Å². The number of nitrogens with one attached hydrogen (secondary N) is 2. The molecule has 29 heavy (non-hydrogen) atoms. The van der Waals surface area contributed by atoms with Crippen molar-refractivity contribution in [2.75, 3.05) is 58.8 Å². The van der Waals surface area contributed by atoms with Gasteiger partial charge in [-0.1, -0.05) is 42.5 Å². The molecule has 0 aliphatic carbocycles. The van der Waals surface area contributed by atoms with E-state index in [4.69, 9.17) is 0 Å². The number of carbonyl (C=O) groups excluding carboxylic acids is 1. The molecule has 0 aromatic heterocycles. The second-order valence-corrected chi connectivity index (χ2v) is 7.89. The molecule has 0 saturated carbocycles. The number of nitrogens with zero attached hydrogens (tertiary/aromatic N) is 3. The number of carbonyl (C=O) groups is 1. The quantitative estimate of drug-likeness (QED) is 0.757. The van der Waals surface area contributed by atoms with Crippen molar-refractivity contribution in [1.29, 1.82) is 0 Å². The number of rotatable bonds is 7. The van der Waals surface area contributed by atoms with Gasteiger partial charge in [-0.2, -0.15) is 0 Å². The van der Waals surface area contributed by atoms with Gasteiger partial charge >= 0.3 is 6.03 Å². The molecule has 0 unspecified atom stereocenters. The molecule has 0 radical (unpaired) electrons. The largest absolute Gasteiger partial charge is 0.378 e. The number of amides is 2. The van der Waals surface area contributed by atoms with Crippen molar-refractivity contribution in [2.24, 2.45) is 0 Å². The summed E-state index contributed by atoms with van der Waals surface area (Å²) in [6, 6.07) is 18.7. The van der Waals surface area contributed by atoms with Crippen molar-refractivity contribution in [1.82, 2.24) is 20.4 Å². The van der Waals surface area contributed by atoms with Crippen LogP contribution in [0.15, 0.2) is 54.6 Å². The maximum Gasteiger partial charge on any atom is 0.315 e. The van der Waals surface area contributed by atoms with Gasteiger partial charge in [0, 0.05) is 59.1 Å². The van der Waals surface area contributed by atoms with E-state index in [2.05, 4.69) is 56.6 Å². The van der Waals surface area contributed by atoms with Gasteiger partial charge in [-0.15, -0.1) is 0 Å². The number of hydrogen-bond donors (Lipinski definition) is 2. The third kappa shape index (κ3) is 6.21. The molecule has 2 aromatic carbocycles. The lowest BCUT2D eigenvalue weighted by molar-refractivity contribution is 0.111. The Morgan fingerprint density at radius 2 is 1.62 bits per heavy atom. The highest BCUT2D eigenvalue weighted by Crippen LogP contribution is 2.24. The third-order valence-electron chi connectivity index (χ3n) is 5.52. The maximum atomic E-state index is 12.4. The van der Waals surface area contributed by atoms with E-state index in [0.29, 0.717) is 13.1 Å². The van der Waals surface area contributed by atoms with E-state index in [1.807, 2.05) is 44.4 Å². The van der Waals surface area contributed by atoms with E-state index >= 15 is 0 Å². The molecule has 1 atom stereocenters. The summed E-state index contributed by atoms with van der Waals surface area (Å²) in [6.07, 6.45) is 0. The highest BCUT2D eigenvalue weighted by molar-refractivity contribution is 5.73. The van der Waals surface area contributed by atoms with Crippen molar-refractivity contribution >= 4 is 11.7 Å². The fourth-order valence-corrected chi connectivity index (χ4v) is 3.62. The van der Waals surface area contributed by atoms with Crippen LogP contribution in [0.3, 0.4) is 0 Å². The summed E-state index contributed by atoms with van der Waals surface area (Å²) in [7, 11) is 6.25. The molecule has 6 heteroatoms. The van der Waals surface area contributed by atoms with Crippen LogP contribution in [-0.4, -0.2) is 69.7 Å². The summed E-state index contributed by atoms with van der Waals surface area (Å²) in [6.45, 7) is 5.22. The number of hydrogen-bond acceptors (Lipinski definition) is 4. The zero-order valence-corrected chi connectivity index (χ0v) is 17.8. The van der Waals surface area contributed by atoms with Gasteiger partial charge in [-0.05, 0) is 30.3 Å². The minimum absolute atomic E-state index is 0.127. The summed E-state index contributed by atoms with van der Waals surface area (Å²) < 4.78 is 0. The molecular weight excluding hydrogens is 362 g/mol. The molecule has 2 N–H and O–H groups in total. The lowest BCUT2D eigenvalue weighted by atomic mass is 10.0. The molecule has 1 saturated heterocycles. The molecule has 0 spiro atoms. The van der Waals surface area contributed by atoms with E-state index in [9.17, 15) is 4.79 Å². The molecule has 1 aliphatic rings. The second-order valence-electron chi connectivity index (χ2n) is 7.89. The van der Waals surface area contributed by atoms with Crippen molar-refractivity contribution in [3.8, 4) is 0 Å². The van der Waals surface area contributed by atoms with Gasteiger partial charge in [0.25, 0.3) is 0 Å². The van der Waals surface area contributed by atoms with E-state index in [0.717, 1.165) is 31.7 Å². The molecule has 1 aliphatic heterocycles. The van der Waals surface area contributed by atoms with Crippen LogP contribution in [0.1, 0.15) is 17.2 Å². The number of piperazine rings is 1. The Balaban J connectivity index is 1.62. The van der Waals surface area contributed by atoms with Gasteiger partial charge in [0.1, 0.15) is 0 Å². The Hall–Kier alpha value is -2.57. The molecule has 6 nitrogen and oxygen atoms in total. The van der Waals surface area contributed by atoms with Crippen LogP contribution < -0.4 is 15.5 Å². The number of likely N-dealkylation sites (N-methyl/N-ethyl adjacent to an activating group) is 1. The first-order valence-corrected chi connectivity index (χ1v) is 10.3. The van der Waals surface area contributed by atoms with E-state index < -0.39 is 0 Å². The topological polar surface area (TPSA) is 50.9 Å². The van der Waals surface area contributed by atoms with Gasteiger partial charge in [-0.25, -0.2) is 4.79 Å². The van der Waals surface area contributed by atoms with Gasteiger partial charge < -0.3 is 20.4 Å². The standard InChI is InChI=1S/C23H33N5O/c1-26(2)21-11-9-20(10-12-21)22(28-15-13-27(3)14-16-28)18-25-23(29)24-17-19-7-5-4-6-8-19/h4-12,22H,13-18H2,1-3H3,(H2,24,25,29)/t22-/m1/s1. The van der Waals surface area contributed by atoms with Crippen LogP contribution in [-0.2, 0) is 6.54 Å². The van der Waals surface area contributed by atoms with Crippen LogP contribution in [0.4, 0.5) is 10.5 Å². The van der Waals surface area contributed by atoms with Crippen LogP contribution in [0.5, 0.6) is 0 Å². The SMILES string of the molecule is CN1CCN([C@H](CNC(=O)NCc2ccccc2)c2ccc(N(C)C)cc2)CC1. The predicted octanol–water partition coefficient (Wildman–Crippen LogP) is 2.54. The van der Waals surface area contributed by atoms with Crippen molar-refractivity contribution < 1.29 is 4.79 Å². The predicted molar refractivity (Wildman–Crippen MR) is 119 cm³/mol. The van der Waals surface area contributed by atoms with Gasteiger partial charge in [0.2, 0.25) is 0 Å². The van der Waals surface area contributed by atoms with Crippen LogP contribution in [0.2, 0.25) is 0 Å². The normalized spacial score (nSPS) is 16.2. The van der Waals surface area contributed by atoms with Gasteiger partial charge in [0.15, 0.2) is 0 Å².